The molecule has 1 amide bonds. The van der Waals surface area contributed by atoms with E-state index >= 15 is 0 Å². The molecular weight excluding hydrogens is 547 g/mol. The summed E-state index contributed by atoms with van der Waals surface area (Å²) < 4.78 is 16.4. The number of aromatic nitrogens is 1. The van der Waals surface area contributed by atoms with Gasteiger partial charge >= 0.3 is 0 Å². The third-order valence-electron chi connectivity index (χ3n) is 8.38. The van der Waals surface area contributed by atoms with Crippen molar-refractivity contribution in [1.82, 2.24) is 20.1 Å². The van der Waals surface area contributed by atoms with E-state index in [1.54, 1.807) is 12.1 Å². The Morgan fingerprint density at radius 3 is 2.57 bits per heavy atom. The van der Waals surface area contributed by atoms with Gasteiger partial charge in [0.25, 0.3) is 0 Å². The van der Waals surface area contributed by atoms with Gasteiger partial charge in [-0.25, -0.2) is 4.39 Å². The number of carbonyl (C=O) groups is 1. The van der Waals surface area contributed by atoms with Crippen LogP contribution in [-0.2, 0) is 30.8 Å². The molecule has 7 heteroatoms. The fraction of sp³-hybridized carbons (Fsp3) is 0.286. The Hall–Kier alpha value is -3.71. The molecule has 5 nitrogen and oxygen atoms in total. The maximum Gasteiger partial charge on any atom is 0.237 e. The molecule has 5 aromatic rings. The molecule has 0 unspecified atom stereocenters. The summed E-state index contributed by atoms with van der Waals surface area (Å²) in [7, 11) is 0. The second kappa shape index (κ2) is 12.7. The van der Waals surface area contributed by atoms with Crippen molar-refractivity contribution >= 4 is 39.3 Å². The van der Waals surface area contributed by atoms with Gasteiger partial charge in [0.2, 0.25) is 5.91 Å². The first-order valence-electron chi connectivity index (χ1n) is 14.7. The lowest BCUT2D eigenvalue weighted by atomic mass is 10.1. The van der Waals surface area contributed by atoms with Crippen LogP contribution in [-0.4, -0.2) is 40.5 Å². The van der Waals surface area contributed by atoms with Crippen molar-refractivity contribution < 1.29 is 9.18 Å². The molecule has 42 heavy (non-hydrogen) atoms. The average molecular weight is 583 g/mol. The Kier molecular flexibility index (Phi) is 8.56. The molecule has 216 valence electrons. The van der Waals surface area contributed by atoms with Crippen LogP contribution in [0.2, 0.25) is 5.02 Å². The Labute approximate surface area is 251 Å². The first-order valence-corrected chi connectivity index (χ1v) is 15.1. The van der Waals surface area contributed by atoms with Gasteiger partial charge in [0.05, 0.1) is 6.04 Å². The van der Waals surface area contributed by atoms with Gasteiger partial charge in [-0.1, -0.05) is 66.2 Å². The van der Waals surface area contributed by atoms with Crippen molar-refractivity contribution in [3.63, 3.8) is 0 Å². The van der Waals surface area contributed by atoms with Crippen LogP contribution in [0, 0.1) is 5.82 Å². The van der Waals surface area contributed by atoms with Gasteiger partial charge in [-0.2, -0.15) is 0 Å². The van der Waals surface area contributed by atoms with Gasteiger partial charge in [0.1, 0.15) is 5.82 Å². The molecule has 6 rings (SSSR count). The molecule has 2 N–H and O–H groups in total. The van der Waals surface area contributed by atoms with E-state index in [1.807, 2.05) is 30.3 Å². The van der Waals surface area contributed by atoms with Gasteiger partial charge in [0.15, 0.2) is 0 Å². The number of halogens is 2. The normalized spacial score (nSPS) is 17.3. The highest BCUT2D eigenvalue weighted by Gasteiger charge is 2.36. The number of fused-ring (bicyclic) bond motifs is 3. The number of benzene rings is 4. The number of nitrogens with one attached hydrogen (secondary N) is 2. The van der Waals surface area contributed by atoms with Gasteiger partial charge in [-0.05, 0) is 72.9 Å². The van der Waals surface area contributed by atoms with E-state index in [4.69, 9.17) is 11.6 Å². The molecule has 2 atom stereocenters. The number of rotatable bonds is 10. The van der Waals surface area contributed by atoms with Crippen LogP contribution < -0.4 is 10.6 Å². The monoisotopic (exact) mass is 582 g/mol. The quantitative estimate of drug-likeness (QED) is 0.193. The number of nitrogens with zero attached hydrogens (tertiary/aromatic N) is 2. The predicted molar refractivity (Wildman–Crippen MR) is 169 cm³/mol. The standard InChI is InChI=1S/C35H36ClFN4O/c1-2-41-32-13-6-4-11-29(32)30-19-24(14-15-33(30)41)21-39-28-20-34(40(23-28)22-25-8-7-10-27(36)18-25)35(42)38-17-16-26-9-3-5-12-31(26)37/h3-15,18-19,28,34,39H,2,16-17,20-23H2,1H3,(H,38,42)/t28-,34-/m0/s1. The topological polar surface area (TPSA) is 49.3 Å². The van der Waals surface area contributed by atoms with Crippen molar-refractivity contribution in [1.29, 1.82) is 0 Å². The molecule has 4 aromatic carbocycles. The SMILES string of the molecule is CCn1c2ccccc2c2cc(CN[C@H]3C[C@@H](C(=O)NCCc4ccccc4F)N(Cc4cccc(Cl)c4)C3)ccc21. The molecule has 1 fully saturated rings. The molecule has 0 aliphatic carbocycles. The smallest absolute Gasteiger partial charge is 0.237 e. The van der Waals surface area contributed by atoms with Crippen molar-refractivity contribution in [3.8, 4) is 0 Å². The van der Waals surface area contributed by atoms with E-state index in [-0.39, 0.29) is 23.8 Å². The Balaban J connectivity index is 1.15. The van der Waals surface area contributed by atoms with E-state index < -0.39 is 0 Å². The minimum absolute atomic E-state index is 0.0218. The fourth-order valence-electron chi connectivity index (χ4n) is 6.32. The van der Waals surface area contributed by atoms with E-state index in [0.717, 1.165) is 25.2 Å². The highest BCUT2D eigenvalue weighted by atomic mass is 35.5. The number of hydrogen-bond acceptors (Lipinski definition) is 3. The minimum Gasteiger partial charge on any atom is -0.354 e. The number of likely N-dealkylation sites (tertiary alicyclic amines) is 1. The molecule has 0 saturated carbocycles. The first-order chi connectivity index (χ1) is 20.5. The second-order valence-corrected chi connectivity index (χ2v) is 11.6. The summed E-state index contributed by atoms with van der Waals surface area (Å²) in [4.78, 5) is 15.6. The molecule has 2 heterocycles. The summed E-state index contributed by atoms with van der Waals surface area (Å²) in [5.41, 5.74) is 5.42. The highest BCUT2D eigenvalue weighted by Crippen LogP contribution is 2.30. The van der Waals surface area contributed by atoms with Crippen molar-refractivity contribution in [2.75, 3.05) is 13.1 Å². The second-order valence-electron chi connectivity index (χ2n) is 11.1. The van der Waals surface area contributed by atoms with Crippen LogP contribution in [0.15, 0.2) is 91.0 Å². The van der Waals surface area contributed by atoms with Crippen molar-refractivity contribution in [2.45, 2.75) is 51.5 Å². The minimum atomic E-state index is -0.285. The maximum atomic E-state index is 14.1. The number of hydrogen-bond donors (Lipinski definition) is 2. The summed E-state index contributed by atoms with van der Waals surface area (Å²) in [6, 6.07) is 29.7. The number of para-hydroxylation sites is 1. The zero-order chi connectivity index (χ0) is 29.1. The molecule has 1 aromatic heterocycles. The summed E-state index contributed by atoms with van der Waals surface area (Å²) in [5.74, 6) is -0.261. The van der Waals surface area contributed by atoms with E-state index in [9.17, 15) is 9.18 Å². The summed E-state index contributed by atoms with van der Waals surface area (Å²) >= 11 is 6.26. The molecule has 1 aliphatic rings. The largest absolute Gasteiger partial charge is 0.354 e. The Bertz CT molecular complexity index is 1720. The molecule has 0 radical (unpaired) electrons. The summed E-state index contributed by atoms with van der Waals surface area (Å²) in [5, 5.41) is 10.0. The zero-order valence-electron chi connectivity index (χ0n) is 23.8. The molecule has 0 bridgehead atoms. The van der Waals surface area contributed by atoms with E-state index in [1.165, 1.54) is 33.4 Å². The first kappa shape index (κ1) is 28.4. The van der Waals surface area contributed by atoms with Crippen LogP contribution in [0.3, 0.4) is 0 Å². The summed E-state index contributed by atoms with van der Waals surface area (Å²) in [6.07, 6.45) is 1.15. The maximum absolute atomic E-state index is 14.1. The van der Waals surface area contributed by atoms with Crippen LogP contribution in [0.4, 0.5) is 4.39 Å². The lowest BCUT2D eigenvalue weighted by molar-refractivity contribution is -0.125. The molecular formula is C35H36ClFN4O. The van der Waals surface area contributed by atoms with Gasteiger partial charge in [-0.15, -0.1) is 0 Å². The fourth-order valence-corrected chi connectivity index (χ4v) is 6.53. The van der Waals surface area contributed by atoms with E-state index in [2.05, 4.69) is 69.5 Å². The van der Waals surface area contributed by atoms with E-state index in [0.29, 0.717) is 36.5 Å². The number of amides is 1. The van der Waals surface area contributed by atoms with Crippen LogP contribution >= 0.6 is 11.6 Å². The number of aryl methyl sites for hydroxylation is 1. The molecule has 1 aliphatic heterocycles. The Morgan fingerprint density at radius 2 is 1.74 bits per heavy atom. The molecule has 0 spiro atoms. The third-order valence-corrected chi connectivity index (χ3v) is 8.62. The van der Waals surface area contributed by atoms with Crippen LogP contribution in [0.1, 0.15) is 30.0 Å². The highest BCUT2D eigenvalue weighted by molar-refractivity contribution is 6.30. The van der Waals surface area contributed by atoms with Crippen LogP contribution in [0.25, 0.3) is 21.8 Å². The van der Waals surface area contributed by atoms with Gasteiger partial charge in [0, 0.05) is 65.6 Å². The Morgan fingerprint density at radius 1 is 0.929 bits per heavy atom. The third kappa shape index (κ3) is 6.07. The summed E-state index contributed by atoms with van der Waals surface area (Å²) in [6.45, 7) is 5.60. The lowest BCUT2D eigenvalue weighted by Gasteiger charge is -2.23. The van der Waals surface area contributed by atoms with Gasteiger partial charge < -0.3 is 15.2 Å². The van der Waals surface area contributed by atoms with Crippen LogP contribution in [0.5, 0.6) is 0 Å². The van der Waals surface area contributed by atoms with Gasteiger partial charge in [-0.3, -0.25) is 9.69 Å². The average Bonchev–Trinajstić information content (AvgIpc) is 3.55. The van der Waals surface area contributed by atoms with Crippen molar-refractivity contribution in [3.05, 3.63) is 119 Å². The molecule has 1 saturated heterocycles. The number of carbonyl (C=O) groups excluding carboxylic acids is 1. The lowest BCUT2D eigenvalue weighted by Crippen LogP contribution is -2.43. The van der Waals surface area contributed by atoms with Crippen molar-refractivity contribution in [2.24, 2.45) is 0 Å². The predicted octanol–water partition coefficient (Wildman–Crippen LogP) is 6.70. The zero-order valence-corrected chi connectivity index (χ0v) is 24.6.